The first-order valence-corrected chi connectivity index (χ1v) is 15.7. The molecule has 2 fully saturated rings. The molecule has 13 heteroatoms. The first kappa shape index (κ1) is 30.5. The molecule has 0 radical (unpaired) electrons. The number of hydrogen-bond acceptors (Lipinski definition) is 9. The number of halogens is 4. The fraction of sp³-hybridized carbons (Fsp3) is 0.273. The van der Waals surface area contributed by atoms with Gasteiger partial charge in [0.15, 0.2) is 5.82 Å². The number of anilines is 3. The van der Waals surface area contributed by atoms with E-state index in [2.05, 4.69) is 48.8 Å². The van der Waals surface area contributed by atoms with Gasteiger partial charge >= 0.3 is 0 Å². The van der Waals surface area contributed by atoms with Gasteiger partial charge in [-0.1, -0.05) is 35.3 Å². The van der Waals surface area contributed by atoms with Crippen LogP contribution in [0.3, 0.4) is 0 Å². The van der Waals surface area contributed by atoms with Crippen LogP contribution >= 0.6 is 23.2 Å². The minimum absolute atomic E-state index is 0.0779. The zero-order valence-corrected chi connectivity index (χ0v) is 26.0. The number of nitrogens with one attached hydrogen (secondary N) is 4. The number of piperidine rings is 1. The predicted octanol–water partition coefficient (Wildman–Crippen LogP) is 6.62. The summed E-state index contributed by atoms with van der Waals surface area (Å²) in [6.45, 7) is 3.64. The van der Waals surface area contributed by atoms with Gasteiger partial charge in [0.1, 0.15) is 17.4 Å². The molecule has 2 saturated heterocycles. The molecule has 4 N–H and O–H groups in total. The van der Waals surface area contributed by atoms with E-state index in [1.807, 2.05) is 24.3 Å². The second-order valence-corrected chi connectivity index (χ2v) is 12.4. The molecule has 9 nitrogen and oxygen atoms in total. The van der Waals surface area contributed by atoms with Crippen molar-refractivity contribution < 1.29 is 13.5 Å². The molecule has 46 heavy (non-hydrogen) atoms. The van der Waals surface area contributed by atoms with Crippen LogP contribution in [-0.2, 0) is 4.74 Å². The quantitative estimate of drug-likeness (QED) is 0.166. The number of ether oxygens (including phenoxy) is 1. The number of fused-ring (bicyclic) bond motifs is 1. The molecule has 1 aromatic heterocycles. The minimum atomic E-state index is -0.574. The Kier molecular flexibility index (Phi) is 8.55. The summed E-state index contributed by atoms with van der Waals surface area (Å²) < 4.78 is 34.9. The van der Waals surface area contributed by atoms with E-state index in [-0.39, 0.29) is 16.1 Å². The average molecular weight is 664 g/mol. The average Bonchev–Trinajstić information content (AvgIpc) is 3.52. The van der Waals surface area contributed by atoms with Crippen LogP contribution in [0, 0.1) is 23.0 Å². The predicted molar refractivity (Wildman–Crippen MR) is 174 cm³/mol. The van der Waals surface area contributed by atoms with E-state index in [4.69, 9.17) is 27.9 Å². The summed E-state index contributed by atoms with van der Waals surface area (Å²) in [6, 6.07) is 17.2. The Morgan fingerprint density at radius 3 is 2.46 bits per heavy atom. The van der Waals surface area contributed by atoms with Crippen LogP contribution in [0.25, 0.3) is 10.9 Å². The van der Waals surface area contributed by atoms with Gasteiger partial charge in [-0.3, -0.25) is 14.9 Å². The van der Waals surface area contributed by atoms with Gasteiger partial charge in [0.2, 0.25) is 0 Å². The number of pyridine rings is 1. The summed E-state index contributed by atoms with van der Waals surface area (Å²) in [5.74, 6) is -1.15. The summed E-state index contributed by atoms with van der Waals surface area (Å²) in [6.07, 6.45) is 5.37. The summed E-state index contributed by atoms with van der Waals surface area (Å²) in [5, 5.41) is 19.5. The lowest BCUT2D eigenvalue weighted by atomic mass is 10.0. The number of likely N-dealkylation sites (tertiary alicyclic amines) is 1. The van der Waals surface area contributed by atoms with E-state index < -0.39 is 17.7 Å². The van der Waals surface area contributed by atoms with Crippen molar-refractivity contribution in [1.82, 2.24) is 25.9 Å². The number of aromatic nitrogens is 1. The molecular weight excluding hydrogens is 633 g/mol. The molecule has 0 aliphatic carbocycles. The Bertz CT molecular complexity index is 1840. The van der Waals surface area contributed by atoms with E-state index in [0.29, 0.717) is 39.6 Å². The Hall–Kier alpha value is -4.18. The number of hydrazine groups is 2. The SMILES string of the molecule is N#Cc1cnc2c(F)cc(N[C@H](C3=CN(C4CCN(C5COC5)CC4)NN3)c3ccc(Cl)cc3)cc2c1Nc1ccc(F)c(Cl)c1. The molecule has 0 saturated carbocycles. The van der Waals surface area contributed by atoms with E-state index in [9.17, 15) is 9.65 Å². The fourth-order valence-corrected chi connectivity index (χ4v) is 6.40. The van der Waals surface area contributed by atoms with Crippen molar-refractivity contribution in [2.24, 2.45) is 0 Å². The van der Waals surface area contributed by atoms with Crippen molar-refractivity contribution >= 4 is 51.2 Å². The van der Waals surface area contributed by atoms with Crippen LogP contribution in [0.4, 0.5) is 25.8 Å². The van der Waals surface area contributed by atoms with E-state index in [0.717, 1.165) is 50.4 Å². The number of hydrogen-bond donors (Lipinski definition) is 4. The molecule has 4 heterocycles. The molecule has 0 bridgehead atoms. The van der Waals surface area contributed by atoms with Crippen LogP contribution in [0.15, 0.2) is 72.7 Å². The van der Waals surface area contributed by atoms with Crippen LogP contribution in [0.1, 0.15) is 30.0 Å². The van der Waals surface area contributed by atoms with Crippen molar-refractivity contribution in [3.05, 3.63) is 105 Å². The van der Waals surface area contributed by atoms with Crippen molar-refractivity contribution in [3.63, 3.8) is 0 Å². The molecule has 1 atom stereocenters. The molecule has 3 aromatic carbocycles. The highest BCUT2D eigenvalue weighted by Crippen LogP contribution is 2.36. The Labute approximate surface area is 274 Å². The van der Waals surface area contributed by atoms with Gasteiger partial charge in [-0.25, -0.2) is 8.78 Å². The maximum atomic E-state index is 15.7. The van der Waals surface area contributed by atoms with E-state index in [1.165, 1.54) is 30.5 Å². The van der Waals surface area contributed by atoms with Gasteiger partial charge in [-0.2, -0.15) is 5.26 Å². The maximum Gasteiger partial charge on any atom is 0.151 e. The lowest BCUT2D eigenvalue weighted by Gasteiger charge is -2.42. The van der Waals surface area contributed by atoms with Crippen LogP contribution in [0.5, 0.6) is 0 Å². The van der Waals surface area contributed by atoms with Crippen molar-refractivity contribution in [2.75, 3.05) is 36.9 Å². The summed E-state index contributed by atoms with van der Waals surface area (Å²) >= 11 is 12.2. The monoisotopic (exact) mass is 662 g/mol. The van der Waals surface area contributed by atoms with Gasteiger partial charge in [-0.15, -0.1) is 5.53 Å². The minimum Gasteiger partial charge on any atom is -0.378 e. The Balaban J connectivity index is 1.20. The molecular formula is C33H30Cl2F2N8O. The largest absolute Gasteiger partial charge is 0.378 e. The molecule has 0 spiro atoms. The molecule has 3 aliphatic rings. The number of nitrogens with zero attached hydrogens (tertiary/aromatic N) is 4. The van der Waals surface area contributed by atoms with Gasteiger partial charge in [0.25, 0.3) is 0 Å². The number of benzene rings is 3. The smallest absolute Gasteiger partial charge is 0.151 e. The second-order valence-electron chi connectivity index (χ2n) is 11.6. The fourth-order valence-electron chi connectivity index (χ4n) is 6.09. The second kappa shape index (κ2) is 12.9. The molecule has 0 unspecified atom stereocenters. The van der Waals surface area contributed by atoms with Crippen LogP contribution < -0.4 is 21.6 Å². The molecule has 3 aliphatic heterocycles. The lowest BCUT2D eigenvalue weighted by molar-refractivity contribution is -0.0760. The third-order valence-electron chi connectivity index (χ3n) is 8.70. The number of nitriles is 1. The van der Waals surface area contributed by atoms with Crippen LogP contribution in [-0.4, -0.2) is 53.3 Å². The molecule has 236 valence electrons. The molecule has 0 amide bonds. The number of rotatable bonds is 8. The van der Waals surface area contributed by atoms with Crippen LogP contribution in [0.2, 0.25) is 10.0 Å². The highest BCUT2D eigenvalue weighted by molar-refractivity contribution is 6.31. The molecule has 4 aromatic rings. The van der Waals surface area contributed by atoms with Gasteiger partial charge < -0.3 is 20.8 Å². The first-order chi connectivity index (χ1) is 22.4. The van der Waals surface area contributed by atoms with Crippen molar-refractivity contribution in [3.8, 4) is 6.07 Å². The van der Waals surface area contributed by atoms with Gasteiger partial charge in [0.05, 0.1) is 47.3 Å². The standard InChI is InChI=1S/C33H30Cl2F2N8O/c34-21-3-1-19(2-4-21)32(30-16-45(43-42-30)24-7-9-44(10-8-24)25-17-46-18-25)41-23-11-26-31(40-22-5-6-28(36)27(35)12-22)20(14-38)15-39-33(26)29(37)13-23/h1-6,11-13,15-16,24-25,32,41-43H,7-10,17-18H2,(H,39,40)/t32-/m0/s1. The lowest BCUT2D eigenvalue weighted by Crippen LogP contribution is -2.55. The topological polar surface area (TPSA) is 101 Å². The summed E-state index contributed by atoms with van der Waals surface area (Å²) in [7, 11) is 0. The van der Waals surface area contributed by atoms with Gasteiger partial charge in [0, 0.05) is 53.3 Å². The first-order valence-electron chi connectivity index (χ1n) is 15.0. The maximum absolute atomic E-state index is 15.7. The van der Waals surface area contributed by atoms with Crippen molar-refractivity contribution in [1.29, 1.82) is 5.26 Å². The summed E-state index contributed by atoms with van der Waals surface area (Å²) in [5.41, 5.74) is 9.85. The zero-order valence-electron chi connectivity index (χ0n) is 24.5. The van der Waals surface area contributed by atoms with Gasteiger partial charge in [-0.05, 0) is 60.9 Å². The normalized spacial score (nSPS) is 18.1. The zero-order chi connectivity index (χ0) is 31.8. The third kappa shape index (κ3) is 6.15. The Morgan fingerprint density at radius 2 is 1.76 bits per heavy atom. The highest BCUT2D eigenvalue weighted by atomic mass is 35.5. The summed E-state index contributed by atoms with van der Waals surface area (Å²) in [4.78, 5) is 6.72. The molecule has 7 rings (SSSR count). The highest BCUT2D eigenvalue weighted by Gasteiger charge is 2.33. The van der Waals surface area contributed by atoms with E-state index in [1.54, 1.807) is 6.07 Å². The van der Waals surface area contributed by atoms with Crippen molar-refractivity contribution in [2.45, 2.75) is 31.0 Å². The Morgan fingerprint density at radius 1 is 0.978 bits per heavy atom. The van der Waals surface area contributed by atoms with E-state index >= 15 is 4.39 Å². The third-order valence-corrected chi connectivity index (χ3v) is 9.24.